The van der Waals surface area contributed by atoms with Gasteiger partial charge in [0.2, 0.25) is 0 Å². The molecule has 0 aliphatic heterocycles. The van der Waals surface area contributed by atoms with E-state index in [9.17, 15) is 0 Å². The van der Waals surface area contributed by atoms with Gasteiger partial charge in [0.15, 0.2) is 0 Å². The second-order valence-electron chi connectivity index (χ2n) is 5.61. The Labute approximate surface area is 117 Å². The predicted octanol–water partition coefficient (Wildman–Crippen LogP) is 2.48. The van der Waals surface area contributed by atoms with Crippen LogP contribution in [0.25, 0.3) is 0 Å². The van der Waals surface area contributed by atoms with Crippen LogP contribution in [0, 0.1) is 0 Å². The van der Waals surface area contributed by atoms with Gasteiger partial charge in [0.05, 0.1) is 0 Å². The zero-order chi connectivity index (χ0) is 13.5. The molecule has 1 aromatic heterocycles. The molecule has 1 fully saturated rings. The zero-order valence-electron chi connectivity index (χ0n) is 12.3. The molecule has 106 valence electrons. The fourth-order valence-electron chi connectivity index (χ4n) is 3.03. The second kappa shape index (κ2) is 7.61. The molecular formula is C16H27N3. The summed E-state index contributed by atoms with van der Waals surface area (Å²) in [4.78, 5) is 6.92. The summed E-state index contributed by atoms with van der Waals surface area (Å²) in [6, 6.07) is 7.69. The largest absolute Gasteiger partial charge is 0.314 e. The predicted molar refractivity (Wildman–Crippen MR) is 80.3 cm³/mol. The van der Waals surface area contributed by atoms with Gasteiger partial charge in [-0.2, -0.15) is 0 Å². The third kappa shape index (κ3) is 4.59. The molecule has 3 heteroatoms. The van der Waals surface area contributed by atoms with Crippen LogP contribution in [0.5, 0.6) is 0 Å². The van der Waals surface area contributed by atoms with Crippen molar-refractivity contribution in [1.82, 2.24) is 15.2 Å². The zero-order valence-corrected chi connectivity index (χ0v) is 12.3. The second-order valence-corrected chi connectivity index (χ2v) is 5.61. The third-order valence-electron chi connectivity index (χ3n) is 4.26. The smallest absolute Gasteiger partial charge is 0.0416 e. The Balaban J connectivity index is 1.71. The normalized spacial score (nSPS) is 23.7. The minimum Gasteiger partial charge on any atom is -0.314 e. The van der Waals surface area contributed by atoms with Crippen molar-refractivity contribution in [3.05, 3.63) is 30.1 Å². The van der Waals surface area contributed by atoms with Gasteiger partial charge in [-0.15, -0.1) is 0 Å². The topological polar surface area (TPSA) is 28.2 Å². The van der Waals surface area contributed by atoms with Crippen molar-refractivity contribution in [3.8, 4) is 0 Å². The van der Waals surface area contributed by atoms with Gasteiger partial charge in [-0.25, -0.2) is 0 Å². The molecule has 0 aromatic carbocycles. The van der Waals surface area contributed by atoms with Crippen molar-refractivity contribution in [1.29, 1.82) is 0 Å². The minimum atomic E-state index is 0.755. The fraction of sp³-hybridized carbons (Fsp3) is 0.688. The van der Waals surface area contributed by atoms with Gasteiger partial charge in [-0.1, -0.05) is 13.0 Å². The quantitative estimate of drug-likeness (QED) is 0.852. The van der Waals surface area contributed by atoms with E-state index < -0.39 is 0 Å². The maximum atomic E-state index is 4.40. The monoisotopic (exact) mass is 261 g/mol. The lowest BCUT2D eigenvalue weighted by Crippen LogP contribution is -2.41. The Morgan fingerprint density at radius 1 is 1.26 bits per heavy atom. The number of hydrogen-bond acceptors (Lipinski definition) is 3. The number of pyridine rings is 1. The first-order valence-electron chi connectivity index (χ1n) is 7.63. The molecule has 3 nitrogen and oxygen atoms in total. The fourth-order valence-corrected chi connectivity index (χ4v) is 3.03. The lowest BCUT2D eigenvalue weighted by Gasteiger charge is -2.35. The molecular weight excluding hydrogens is 234 g/mol. The van der Waals surface area contributed by atoms with Gasteiger partial charge in [0.25, 0.3) is 0 Å². The van der Waals surface area contributed by atoms with Crippen LogP contribution >= 0.6 is 0 Å². The van der Waals surface area contributed by atoms with Gasteiger partial charge in [-0.05, 0) is 51.4 Å². The molecule has 0 amide bonds. The van der Waals surface area contributed by atoms with E-state index in [1.807, 2.05) is 12.3 Å². The van der Waals surface area contributed by atoms with Gasteiger partial charge in [-0.3, -0.25) is 4.98 Å². The molecule has 0 radical (unpaired) electrons. The Kier molecular flexibility index (Phi) is 5.80. The molecule has 19 heavy (non-hydrogen) atoms. The highest BCUT2D eigenvalue weighted by molar-refractivity contribution is 5.03. The summed E-state index contributed by atoms with van der Waals surface area (Å²) in [5, 5.41) is 3.57. The van der Waals surface area contributed by atoms with Crippen molar-refractivity contribution < 1.29 is 0 Å². The van der Waals surface area contributed by atoms with Crippen LogP contribution in [-0.4, -0.2) is 42.1 Å². The average molecular weight is 261 g/mol. The Hall–Kier alpha value is -0.930. The summed E-state index contributed by atoms with van der Waals surface area (Å²) in [6.07, 6.45) is 8.26. The molecule has 1 aliphatic carbocycles. The third-order valence-corrected chi connectivity index (χ3v) is 4.26. The summed E-state index contributed by atoms with van der Waals surface area (Å²) in [5.41, 5.74) is 1.20. The summed E-state index contributed by atoms with van der Waals surface area (Å²) in [7, 11) is 2.27. The lowest BCUT2D eigenvalue weighted by atomic mass is 9.90. The van der Waals surface area contributed by atoms with Gasteiger partial charge in [0, 0.05) is 36.9 Å². The molecule has 1 N–H and O–H groups in total. The van der Waals surface area contributed by atoms with Gasteiger partial charge in [0.1, 0.15) is 0 Å². The summed E-state index contributed by atoms with van der Waals surface area (Å²) in [6.45, 7) is 4.42. The number of hydrogen-bond donors (Lipinski definition) is 1. The van der Waals surface area contributed by atoms with Crippen LogP contribution < -0.4 is 5.32 Å². The number of likely N-dealkylation sites (N-methyl/N-ethyl adjacent to an activating group) is 1. The molecule has 2 rings (SSSR count). The Bertz CT molecular complexity index is 344. The number of nitrogens with zero attached hydrogens (tertiary/aromatic N) is 2. The molecule has 1 heterocycles. The maximum Gasteiger partial charge on any atom is 0.0416 e. The van der Waals surface area contributed by atoms with E-state index in [4.69, 9.17) is 0 Å². The number of aromatic nitrogens is 1. The van der Waals surface area contributed by atoms with Crippen LogP contribution in [0.2, 0.25) is 0 Å². The molecule has 1 aromatic rings. The molecule has 0 saturated heterocycles. The van der Waals surface area contributed by atoms with E-state index in [2.05, 4.69) is 41.3 Å². The molecule has 0 spiro atoms. The van der Waals surface area contributed by atoms with E-state index >= 15 is 0 Å². The lowest BCUT2D eigenvalue weighted by molar-refractivity contribution is 0.176. The van der Waals surface area contributed by atoms with Crippen LogP contribution in [0.1, 0.15) is 38.3 Å². The first-order chi connectivity index (χ1) is 9.29. The van der Waals surface area contributed by atoms with E-state index in [0.717, 1.165) is 31.6 Å². The van der Waals surface area contributed by atoms with Crippen LogP contribution in [-0.2, 0) is 6.42 Å². The molecule has 0 unspecified atom stereocenters. The van der Waals surface area contributed by atoms with Crippen LogP contribution in [0.15, 0.2) is 24.4 Å². The van der Waals surface area contributed by atoms with Crippen LogP contribution in [0.3, 0.4) is 0 Å². The highest BCUT2D eigenvalue weighted by Gasteiger charge is 2.23. The van der Waals surface area contributed by atoms with Crippen LogP contribution in [0.4, 0.5) is 0 Å². The first-order valence-corrected chi connectivity index (χ1v) is 7.63. The van der Waals surface area contributed by atoms with Crippen molar-refractivity contribution in [3.63, 3.8) is 0 Å². The highest BCUT2D eigenvalue weighted by atomic mass is 15.1. The number of rotatable bonds is 6. The highest BCUT2D eigenvalue weighted by Crippen LogP contribution is 2.22. The first kappa shape index (κ1) is 14.5. The maximum absolute atomic E-state index is 4.40. The SMILES string of the molecule is CCNC1CCC(N(C)CCc2ccccn2)CC1. The summed E-state index contributed by atoms with van der Waals surface area (Å²) < 4.78 is 0. The standard InChI is InChI=1S/C16H27N3/c1-3-17-15-7-9-16(10-8-15)19(2)13-11-14-6-4-5-12-18-14/h4-6,12,15-17H,3,7-11,13H2,1-2H3. The van der Waals surface area contributed by atoms with Crippen molar-refractivity contribution >= 4 is 0 Å². The Morgan fingerprint density at radius 2 is 2.05 bits per heavy atom. The van der Waals surface area contributed by atoms with Crippen molar-refractivity contribution in [2.45, 2.75) is 51.1 Å². The van der Waals surface area contributed by atoms with Gasteiger partial charge >= 0.3 is 0 Å². The molecule has 0 atom stereocenters. The summed E-state index contributed by atoms with van der Waals surface area (Å²) >= 11 is 0. The average Bonchev–Trinajstić information content (AvgIpc) is 2.47. The Morgan fingerprint density at radius 3 is 2.68 bits per heavy atom. The van der Waals surface area contributed by atoms with E-state index in [1.165, 1.54) is 31.4 Å². The molecule has 1 aliphatic rings. The van der Waals surface area contributed by atoms with E-state index in [1.54, 1.807) is 0 Å². The van der Waals surface area contributed by atoms with Crippen molar-refractivity contribution in [2.75, 3.05) is 20.1 Å². The van der Waals surface area contributed by atoms with E-state index in [0.29, 0.717) is 0 Å². The molecule has 1 saturated carbocycles. The van der Waals surface area contributed by atoms with Crippen molar-refractivity contribution in [2.24, 2.45) is 0 Å². The summed E-state index contributed by atoms with van der Waals surface area (Å²) in [5.74, 6) is 0. The minimum absolute atomic E-state index is 0.755. The van der Waals surface area contributed by atoms with E-state index in [-0.39, 0.29) is 0 Å². The molecule has 0 bridgehead atoms. The number of nitrogens with one attached hydrogen (secondary N) is 1. The van der Waals surface area contributed by atoms with Gasteiger partial charge < -0.3 is 10.2 Å².